The van der Waals surface area contributed by atoms with Crippen LogP contribution >= 0.6 is 0 Å². The van der Waals surface area contributed by atoms with Gasteiger partial charge in [0.15, 0.2) is 0 Å². The molecular formula is C18H25N3O. The largest absolute Gasteiger partial charge is 0.384 e. The van der Waals surface area contributed by atoms with E-state index in [1.165, 1.54) is 22.4 Å². The minimum atomic E-state index is 0.416. The van der Waals surface area contributed by atoms with Crippen LogP contribution < -0.4 is 0 Å². The van der Waals surface area contributed by atoms with Gasteiger partial charge in [0.1, 0.15) is 0 Å². The number of aromatic nitrogens is 2. The van der Waals surface area contributed by atoms with Gasteiger partial charge in [-0.3, -0.25) is 9.58 Å². The van der Waals surface area contributed by atoms with E-state index in [0.29, 0.717) is 5.92 Å². The fraction of sp³-hybridized carbons (Fsp3) is 0.500. The van der Waals surface area contributed by atoms with E-state index in [4.69, 9.17) is 4.74 Å². The first-order valence-electron chi connectivity index (χ1n) is 8.02. The summed E-state index contributed by atoms with van der Waals surface area (Å²) in [5.41, 5.74) is 5.39. The molecule has 4 heteroatoms. The molecule has 3 rings (SSSR count). The van der Waals surface area contributed by atoms with Gasteiger partial charge in [-0.15, -0.1) is 0 Å². The second-order valence-corrected chi connectivity index (χ2v) is 6.17. The molecule has 0 aliphatic carbocycles. The smallest absolute Gasteiger partial charge is 0.0560 e. The number of benzene rings is 1. The third kappa shape index (κ3) is 3.08. The Balaban J connectivity index is 1.80. The fourth-order valence-electron chi connectivity index (χ4n) is 3.31. The van der Waals surface area contributed by atoms with Crippen molar-refractivity contribution >= 4 is 0 Å². The van der Waals surface area contributed by atoms with Gasteiger partial charge in [0.2, 0.25) is 0 Å². The van der Waals surface area contributed by atoms with E-state index in [0.717, 1.165) is 32.8 Å². The zero-order chi connectivity index (χ0) is 15.5. The van der Waals surface area contributed by atoms with Crippen LogP contribution in [-0.2, 0) is 24.4 Å². The topological polar surface area (TPSA) is 30.3 Å². The Morgan fingerprint density at radius 2 is 2.05 bits per heavy atom. The number of methoxy groups -OCH3 is 1. The summed E-state index contributed by atoms with van der Waals surface area (Å²) in [7, 11) is 1.78. The van der Waals surface area contributed by atoms with Crippen molar-refractivity contribution in [2.24, 2.45) is 0 Å². The highest BCUT2D eigenvalue weighted by atomic mass is 16.5. The lowest BCUT2D eigenvalue weighted by Gasteiger charge is -2.33. The summed E-state index contributed by atoms with van der Waals surface area (Å²) in [6.45, 7) is 8.94. The molecule has 4 nitrogen and oxygen atoms in total. The highest BCUT2D eigenvalue weighted by molar-refractivity contribution is 5.27. The molecule has 22 heavy (non-hydrogen) atoms. The van der Waals surface area contributed by atoms with E-state index in [-0.39, 0.29) is 0 Å². The van der Waals surface area contributed by atoms with Crippen LogP contribution in [0.5, 0.6) is 0 Å². The molecule has 0 N–H and O–H groups in total. The van der Waals surface area contributed by atoms with Gasteiger partial charge in [0.25, 0.3) is 0 Å². The van der Waals surface area contributed by atoms with Crippen LogP contribution in [0.25, 0.3) is 0 Å². The van der Waals surface area contributed by atoms with E-state index < -0.39 is 0 Å². The molecule has 2 aromatic rings. The highest BCUT2D eigenvalue weighted by Crippen LogP contribution is 2.29. The average Bonchev–Trinajstić information content (AvgIpc) is 2.93. The summed E-state index contributed by atoms with van der Waals surface area (Å²) in [5, 5.41) is 4.54. The average molecular weight is 299 g/mol. The molecule has 1 aliphatic rings. The van der Waals surface area contributed by atoms with E-state index in [2.05, 4.69) is 52.8 Å². The lowest BCUT2D eigenvalue weighted by atomic mass is 9.95. The Labute approximate surface area is 132 Å². The van der Waals surface area contributed by atoms with Gasteiger partial charge < -0.3 is 4.74 Å². The summed E-state index contributed by atoms with van der Waals surface area (Å²) < 4.78 is 7.56. The van der Waals surface area contributed by atoms with Crippen molar-refractivity contribution < 1.29 is 4.74 Å². The third-order valence-electron chi connectivity index (χ3n) is 4.47. The SMILES string of the molecule is CCn1ncc2c1CN(Cc1ccc(C)cc1)CC2COC. The van der Waals surface area contributed by atoms with Crippen molar-refractivity contribution in [2.75, 3.05) is 20.3 Å². The summed E-state index contributed by atoms with van der Waals surface area (Å²) in [5.74, 6) is 0.416. The minimum absolute atomic E-state index is 0.416. The summed E-state index contributed by atoms with van der Waals surface area (Å²) in [6.07, 6.45) is 2.03. The highest BCUT2D eigenvalue weighted by Gasteiger charge is 2.28. The van der Waals surface area contributed by atoms with Crippen molar-refractivity contribution in [3.8, 4) is 0 Å². The van der Waals surface area contributed by atoms with Crippen molar-refractivity contribution in [3.63, 3.8) is 0 Å². The molecule has 1 unspecified atom stereocenters. The fourth-order valence-corrected chi connectivity index (χ4v) is 3.31. The predicted molar refractivity (Wildman–Crippen MR) is 87.8 cm³/mol. The zero-order valence-corrected chi connectivity index (χ0v) is 13.7. The first kappa shape index (κ1) is 15.3. The van der Waals surface area contributed by atoms with Crippen LogP contribution in [0.3, 0.4) is 0 Å². The standard InChI is InChI=1S/C18H25N3O/c1-4-21-18-12-20(10-15-7-5-14(2)6-8-15)11-16(13-22-3)17(18)9-19-21/h5-9,16H,4,10-13H2,1-3H3. The van der Waals surface area contributed by atoms with Crippen LogP contribution in [0.15, 0.2) is 30.5 Å². The monoisotopic (exact) mass is 299 g/mol. The molecule has 0 saturated heterocycles. The van der Waals surface area contributed by atoms with Crippen LogP contribution in [0.1, 0.15) is 35.2 Å². The van der Waals surface area contributed by atoms with Gasteiger partial charge in [-0.2, -0.15) is 5.10 Å². The Morgan fingerprint density at radius 3 is 2.73 bits per heavy atom. The molecule has 1 aromatic carbocycles. The van der Waals surface area contributed by atoms with E-state index in [9.17, 15) is 0 Å². The van der Waals surface area contributed by atoms with Crippen LogP contribution in [0.4, 0.5) is 0 Å². The lowest BCUT2D eigenvalue weighted by Crippen LogP contribution is -2.35. The second-order valence-electron chi connectivity index (χ2n) is 6.17. The molecule has 1 aromatic heterocycles. The van der Waals surface area contributed by atoms with Crippen molar-refractivity contribution in [1.29, 1.82) is 0 Å². The number of nitrogens with zero attached hydrogens (tertiary/aromatic N) is 3. The first-order valence-corrected chi connectivity index (χ1v) is 8.02. The first-order chi connectivity index (χ1) is 10.7. The van der Waals surface area contributed by atoms with Gasteiger partial charge in [-0.05, 0) is 19.4 Å². The normalized spacial score (nSPS) is 18.4. The molecule has 2 heterocycles. The molecule has 0 radical (unpaired) electrons. The Morgan fingerprint density at radius 1 is 1.27 bits per heavy atom. The maximum absolute atomic E-state index is 5.43. The Hall–Kier alpha value is -1.65. The third-order valence-corrected chi connectivity index (χ3v) is 4.47. The van der Waals surface area contributed by atoms with Crippen LogP contribution in [0, 0.1) is 6.92 Å². The van der Waals surface area contributed by atoms with Crippen molar-refractivity contribution in [3.05, 3.63) is 52.8 Å². The lowest BCUT2D eigenvalue weighted by molar-refractivity contribution is 0.134. The van der Waals surface area contributed by atoms with Gasteiger partial charge in [-0.25, -0.2) is 0 Å². The molecule has 1 atom stereocenters. The second kappa shape index (κ2) is 6.63. The van der Waals surface area contributed by atoms with Crippen molar-refractivity contribution in [1.82, 2.24) is 14.7 Å². The molecule has 0 spiro atoms. The maximum Gasteiger partial charge on any atom is 0.0560 e. The quantitative estimate of drug-likeness (QED) is 0.850. The van der Waals surface area contributed by atoms with E-state index in [1.54, 1.807) is 7.11 Å². The number of rotatable bonds is 5. The number of hydrogen-bond acceptors (Lipinski definition) is 3. The molecule has 118 valence electrons. The van der Waals surface area contributed by atoms with Crippen molar-refractivity contribution in [2.45, 2.75) is 39.4 Å². The Kier molecular flexibility index (Phi) is 4.60. The molecule has 0 fully saturated rings. The van der Waals surface area contributed by atoms with Gasteiger partial charge >= 0.3 is 0 Å². The predicted octanol–water partition coefficient (Wildman–Crippen LogP) is 2.96. The molecule has 0 amide bonds. The Bertz CT molecular complexity index is 618. The van der Waals surface area contributed by atoms with E-state index >= 15 is 0 Å². The van der Waals surface area contributed by atoms with Crippen LogP contribution in [0.2, 0.25) is 0 Å². The molecular weight excluding hydrogens is 274 g/mol. The molecule has 1 aliphatic heterocycles. The summed E-state index contributed by atoms with van der Waals surface area (Å²) in [4.78, 5) is 2.50. The summed E-state index contributed by atoms with van der Waals surface area (Å²) in [6, 6.07) is 8.84. The van der Waals surface area contributed by atoms with E-state index in [1.807, 2.05) is 6.20 Å². The molecule has 0 bridgehead atoms. The minimum Gasteiger partial charge on any atom is -0.384 e. The summed E-state index contributed by atoms with van der Waals surface area (Å²) >= 11 is 0. The number of fused-ring (bicyclic) bond motifs is 1. The van der Waals surface area contributed by atoms with Gasteiger partial charge in [0, 0.05) is 44.8 Å². The van der Waals surface area contributed by atoms with Gasteiger partial charge in [-0.1, -0.05) is 29.8 Å². The number of aryl methyl sites for hydroxylation is 2. The molecule has 0 saturated carbocycles. The number of ether oxygens (including phenoxy) is 1. The zero-order valence-electron chi connectivity index (χ0n) is 13.7. The van der Waals surface area contributed by atoms with Crippen LogP contribution in [-0.4, -0.2) is 34.9 Å². The number of hydrogen-bond donors (Lipinski definition) is 0. The maximum atomic E-state index is 5.43. The van der Waals surface area contributed by atoms with Gasteiger partial charge in [0.05, 0.1) is 18.5 Å².